The van der Waals surface area contributed by atoms with Gasteiger partial charge in [-0.1, -0.05) is 19.4 Å². The van der Waals surface area contributed by atoms with Crippen molar-refractivity contribution < 1.29 is 0 Å². The quantitative estimate of drug-likeness (QED) is 0.474. The van der Waals surface area contributed by atoms with Crippen molar-refractivity contribution in [1.82, 2.24) is 29.9 Å². The van der Waals surface area contributed by atoms with Gasteiger partial charge in [-0.3, -0.25) is 0 Å². The molecule has 1 saturated heterocycles. The van der Waals surface area contributed by atoms with Gasteiger partial charge >= 0.3 is 0 Å². The van der Waals surface area contributed by atoms with E-state index < -0.39 is 0 Å². The molecule has 1 unspecified atom stereocenters. The maximum Gasteiger partial charge on any atom is 0.243 e. The molecular weight excluding hydrogens is 416 g/mol. The molecule has 4 N–H and O–H groups in total. The van der Waals surface area contributed by atoms with Crippen molar-refractivity contribution in [2.75, 3.05) is 35.6 Å². The first-order valence-electron chi connectivity index (χ1n) is 11.6. The Morgan fingerprint density at radius 3 is 2.97 bits per heavy atom. The summed E-state index contributed by atoms with van der Waals surface area (Å²) >= 11 is 0. The summed E-state index contributed by atoms with van der Waals surface area (Å²) in [7, 11) is 0. The Kier molecular flexibility index (Phi) is 6.89. The van der Waals surface area contributed by atoms with Gasteiger partial charge in [-0.2, -0.15) is 10.2 Å². The zero-order valence-corrected chi connectivity index (χ0v) is 19.5. The standard InChI is InChI=1S/C23H32N10/c1-4-5-16(3)29-23-30-20(25)22-28-13-19(33(22)31-23)11-17-10-15(2)21(27-12-17)32-9-8-26-18(14-32)6-7-24/h10,12-13,16,18,26H,4-6,8-9,11,14H2,1-3H3,(H3,25,29,30,31)/t16-,18?/m0/s1. The fourth-order valence-electron chi connectivity index (χ4n) is 4.38. The maximum absolute atomic E-state index is 9.01. The molecule has 1 fully saturated rings. The maximum atomic E-state index is 9.01. The molecule has 3 aromatic rings. The van der Waals surface area contributed by atoms with Crippen LogP contribution < -0.4 is 21.3 Å². The summed E-state index contributed by atoms with van der Waals surface area (Å²) in [5.74, 6) is 1.84. The molecule has 4 heterocycles. The molecule has 10 heteroatoms. The second kappa shape index (κ2) is 10.0. The number of nitrogens with two attached hydrogens (primary N) is 1. The van der Waals surface area contributed by atoms with Crippen molar-refractivity contribution in [2.24, 2.45) is 0 Å². The summed E-state index contributed by atoms with van der Waals surface area (Å²) in [4.78, 5) is 15.8. The number of nitriles is 1. The van der Waals surface area contributed by atoms with Crippen LogP contribution in [-0.2, 0) is 6.42 Å². The lowest BCUT2D eigenvalue weighted by Crippen LogP contribution is -2.51. The summed E-state index contributed by atoms with van der Waals surface area (Å²) in [6, 6.07) is 4.85. The SMILES string of the molecule is CCC[C@H](C)Nc1nc(N)c2ncc(Cc3cnc(N4CCNC(CC#N)C4)c(C)c3)n2n1. The van der Waals surface area contributed by atoms with Gasteiger partial charge in [-0.05, 0) is 31.4 Å². The van der Waals surface area contributed by atoms with Gasteiger partial charge in [0.15, 0.2) is 11.5 Å². The topological polar surface area (TPSA) is 133 Å². The predicted molar refractivity (Wildman–Crippen MR) is 129 cm³/mol. The second-order valence-electron chi connectivity index (χ2n) is 8.76. The number of hydrogen-bond acceptors (Lipinski definition) is 9. The number of nitrogens with one attached hydrogen (secondary N) is 2. The number of aryl methyl sites for hydroxylation is 1. The van der Waals surface area contributed by atoms with E-state index in [9.17, 15) is 0 Å². The molecule has 174 valence electrons. The fourth-order valence-corrected chi connectivity index (χ4v) is 4.38. The Bertz CT molecular complexity index is 1150. The van der Waals surface area contributed by atoms with E-state index in [1.165, 1.54) is 0 Å². The first-order chi connectivity index (χ1) is 16.0. The number of hydrogen-bond donors (Lipinski definition) is 3. The number of piperazine rings is 1. The number of aromatic nitrogens is 5. The number of nitrogens with zero attached hydrogens (tertiary/aromatic N) is 7. The lowest BCUT2D eigenvalue weighted by Gasteiger charge is -2.34. The van der Waals surface area contributed by atoms with Crippen molar-refractivity contribution >= 4 is 23.2 Å². The summed E-state index contributed by atoms with van der Waals surface area (Å²) in [5, 5.41) is 20.4. The van der Waals surface area contributed by atoms with E-state index in [0.29, 0.717) is 30.3 Å². The zero-order chi connectivity index (χ0) is 23.4. The molecule has 10 nitrogen and oxygen atoms in total. The Hall–Kier alpha value is -3.45. The number of imidazole rings is 1. The normalized spacial score (nSPS) is 17.2. The third kappa shape index (κ3) is 5.14. The molecule has 4 rings (SSSR count). The van der Waals surface area contributed by atoms with E-state index in [4.69, 9.17) is 16.0 Å². The Balaban J connectivity index is 1.54. The summed E-state index contributed by atoms with van der Waals surface area (Å²) < 4.78 is 1.77. The van der Waals surface area contributed by atoms with E-state index in [1.54, 1.807) is 10.7 Å². The molecule has 0 amide bonds. The van der Waals surface area contributed by atoms with Crippen molar-refractivity contribution in [3.05, 3.63) is 35.3 Å². The molecule has 0 aromatic carbocycles. The molecule has 0 bridgehead atoms. The highest BCUT2D eigenvalue weighted by atomic mass is 15.3. The first kappa shape index (κ1) is 22.7. The Labute approximate surface area is 194 Å². The van der Waals surface area contributed by atoms with Crippen LogP contribution in [0.15, 0.2) is 18.5 Å². The average Bonchev–Trinajstić information content (AvgIpc) is 3.17. The minimum atomic E-state index is 0.177. The zero-order valence-electron chi connectivity index (χ0n) is 19.5. The van der Waals surface area contributed by atoms with Crippen LogP contribution in [0.1, 0.15) is 49.9 Å². The summed E-state index contributed by atoms with van der Waals surface area (Å²) in [5.41, 5.74) is 9.83. The molecule has 3 aromatic heterocycles. The van der Waals surface area contributed by atoms with E-state index in [2.05, 4.69) is 63.5 Å². The predicted octanol–water partition coefficient (Wildman–Crippen LogP) is 2.29. The van der Waals surface area contributed by atoms with Crippen LogP contribution in [0.2, 0.25) is 0 Å². The highest BCUT2D eigenvalue weighted by Gasteiger charge is 2.21. The molecule has 1 aliphatic heterocycles. The van der Waals surface area contributed by atoms with Gasteiger partial charge in [0.25, 0.3) is 0 Å². The number of pyridine rings is 1. The smallest absolute Gasteiger partial charge is 0.243 e. The molecule has 0 radical (unpaired) electrons. The molecule has 33 heavy (non-hydrogen) atoms. The van der Waals surface area contributed by atoms with Crippen molar-refractivity contribution in [2.45, 2.75) is 58.5 Å². The van der Waals surface area contributed by atoms with Crippen LogP contribution in [0.5, 0.6) is 0 Å². The number of fused-ring (bicyclic) bond motifs is 1. The lowest BCUT2D eigenvalue weighted by atomic mass is 10.1. The van der Waals surface area contributed by atoms with Crippen LogP contribution in [0, 0.1) is 18.3 Å². The summed E-state index contributed by atoms with van der Waals surface area (Å²) in [6.07, 6.45) is 6.95. The van der Waals surface area contributed by atoms with Gasteiger partial charge in [0, 0.05) is 44.3 Å². The Morgan fingerprint density at radius 2 is 2.21 bits per heavy atom. The van der Waals surface area contributed by atoms with E-state index in [-0.39, 0.29) is 12.1 Å². The molecule has 0 spiro atoms. The number of rotatable bonds is 8. The van der Waals surface area contributed by atoms with E-state index >= 15 is 0 Å². The molecular formula is C23H32N10. The van der Waals surface area contributed by atoms with Gasteiger partial charge in [0.2, 0.25) is 5.95 Å². The molecule has 2 atom stereocenters. The molecule has 0 saturated carbocycles. The van der Waals surface area contributed by atoms with Gasteiger partial charge in [-0.25, -0.2) is 14.5 Å². The minimum absolute atomic E-state index is 0.177. The van der Waals surface area contributed by atoms with Gasteiger partial charge in [-0.15, -0.1) is 5.10 Å². The monoisotopic (exact) mass is 448 g/mol. The molecule has 0 aliphatic carbocycles. The third-order valence-corrected chi connectivity index (χ3v) is 5.94. The highest BCUT2D eigenvalue weighted by molar-refractivity contribution is 5.61. The summed E-state index contributed by atoms with van der Waals surface area (Å²) in [6.45, 7) is 8.86. The van der Waals surface area contributed by atoms with Gasteiger partial charge < -0.3 is 21.3 Å². The van der Waals surface area contributed by atoms with E-state index in [1.807, 2.05) is 6.20 Å². The number of anilines is 3. The van der Waals surface area contributed by atoms with Crippen LogP contribution in [-0.4, -0.2) is 56.3 Å². The van der Waals surface area contributed by atoms with Crippen molar-refractivity contribution in [3.63, 3.8) is 0 Å². The van der Waals surface area contributed by atoms with Crippen molar-refractivity contribution in [1.29, 1.82) is 5.26 Å². The van der Waals surface area contributed by atoms with Crippen LogP contribution >= 0.6 is 0 Å². The largest absolute Gasteiger partial charge is 0.380 e. The second-order valence-corrected chi connectivity index (χ2v) is 8.76. The Morgan fingerprint density at radius 1 is 1.36 bits per heavy atom. The van der Waals surface area contributed by atoms with Gasteiger partial charge in [0.1, 0.15) is 5.82 Å². The van der Waals surface area contributed by atoms with Crippen LogP contribution in [0.4, 0.5) is 17.6 Å². The van der Waals surface area contributed by atoms with Crippen LogP contribution in [0.25, 0.3) is 5.65 Å². The highest BCUT2D eigenvalue weighted by Crippen LogP contribution is 2.22. The molecule has 1 aliphatic rings. The number of nitrogen functional groups attached to an aromatic ring is 1. The average molecular weight is 449 g/mol. The first-order valence-corrected chi connectivity index (χ1v) is 11.6. The minimum Gasteiger partial charge on any atom is -0.380 e. The van der Waals surface area contributed by atoms with E-state index in [0.717, 1.165) is 55.1 Å². The van der Waals surface area contributed by atoms with Crippen LogP contribution in [0.3, 0.4) is 0 Å². The third-order valence-electron chi connectivity index (χ3n) is 5.94. The fraction of sp³-hybridized carbons (Fsp3) is 0.522. The van der Waals surface area contributed by atoms with Crippen molar-refractivity contribution in [3.8, 4) is 6.07 Å². The lowest BCUT2D eigenvalue weighted by molar-refractivity contribution is 0.460. The van der Waals surface area contributed by atoms with Gasteiger partial charge in [0.05, 0.1) is 24.4 Å².